The summed E-state index contributed by atoms with van der Waals surface area (Å²) in [6, 6.07) is 0. The lowest BCUT2D eigenvalue weighted by Gasteiger charge is -2.35. The SMILES string of the molecule is C=CCCCC1CC(C)CCC1CNCCC. The van der Waals surface area contributed by atoms with Gasteiger partial charge in [-0.05, 0) is 69.4 Å². The molecule has 0 aromatic heterocycles. The monoisotopic (exact) mass is 237 g/mol. The third kappa shape index (κ3) is 5.72. The van der Waals surface area contributed by atoms with Crippen LogP contribution in [0.1, 0.15) is 58.8 Å². The quantitative estimate of drug-likeness (QED) is 0.487. The first-order valence-electron chi connectivity index (χ1n) is 7.59. The number of nitrogens with one attached hydrogen (secondary N) is 1. The predicted molar refractivity (Wildman–Crippen MR) is 77.2 cm³/mol. The number of allylic oxidation sites excluding steroid dienone is 1. The molecule has 1 N–H and O–H groups in total. The fourth-order valence-corrected chi connectivity index (χ4v) is 3.17. The lowest BCUT2D eigenvalue weighted by atomic mass is 9.72. The van der Waals surface area contributed by atoms with Crippen LogP contribution in [0.4, 0.5) is 0 Å². The first kappa shape index (κ1) is 14.8. The number of hydrogen-bond acceptors (Lipinski definition) is 1. The summed E-state index contributed by atoms with van der Waals surface area (Å²) < 4.78 is 0. The average molecular weight is 237 g/mol. The fourth-order valence-electron chi connectivity index (χ4n) is 3.17. The van der Waals surface area contributed by atoms with Gasteiger partial charge in [0, 0.05) is 0 Å². The first-order valence-corrected chi connectivity index (χ1v) is 7.59. The summed E-state index contributed by atoms with van der Waals surface area (Å²) in [6.45, 7) is 10.9. The molecular formula is C16H31N. The second kappa shape index (κ2) is 8.74. The van der Waals surface area contributed by atoms with Crippen molar-refractivity contribution in [1.82, 2.24) is 5.32 Å². The molecule has 100 valence electrons. The van der Waals surface area contributed by atoms with Crippen LogP contribution in [0.25, 0.3) is 0 Å². The summed E-state index contributed by atoms with van der Waals surface area (Å²) in [7, 11) is 0. The van der Waals surface area contributed by atoms with Crippen molar-refractivity contribution in [2.45, 2.75) is 58.8 Å². The molecule has 1 heteroatoms. The zero-order valence-corrected chi connectivity index (χ0v) is 11.9. The number of hydrogen-bond donors (Lipinski definition) is 1. The maximum absolute atomic E-state index is 3.83. The maximum Gasteiger partial charge on any atom is -0.00179 e. The molecule has 17 heavy (non-hydrogen) atoms. The Kier molecular flexibility index (Phi) is 7.59. The standard InChI is InChI=1S/C16H31N/c1-4-6-7-8-15-12-14(3)9-10-16(15)13-17-11-5-2/h4,14-17H,1,5-13H2,2-3H3. The molecule has 1 rings (SSSR count). The number of unbranched alkanes of at least 4 members (excludes halogenated alkanes) is 1. The maximum atomic E-state index is 3.83. The van der Waals surface area contributed by atoms with Crippen molar-refractivity contribution >= 4 is 0 Å². The zero-order valence-electron chi connectivity index (χ0n) is 11.9. The van der Waals surface area contributed by atoms with E-state index in [0.29, 0.717) is 0 Å². The van der Waals surface area contributed by atoms with Gasteiger partial charge in [0.05, 0.1) is 0 Å². The van der Waals surface area contributed by atoms with Gasteiger partial charge < -0.3 is 5.32 Å². The molecule has 1 saturated carbocycles. The van der Waals surface area contributed by atoms with Gasteiger partial charge in [-0.3, -0.25) is 0 Å². The molecule has 0 aliphatic heterocycles. The molecule has 0 spiro atoms. The van der Waals surface area contributed by atoms with Crippen LogP contribution in [0.15, 0.2) is 12.7 Å². The van der Waals surface area contributed by atoms with Gasteiger partial charge in [0.15, 0.2) is 0 Å². The van der Waals surface area contributed by atoms with E-state index in [4.69, 9.17) is 0 Å². The minimum atomic E-state index is 0.933. The molecule has 1 aliphatic rings. The van der Waals surface area contributed by atoms with Crippen molar-refractivity contribution < 1.29 is 0 Å². The van der Waals surface area contributed by atoms with Crippen molar-refractivity contribution in [3.8, 4) is 0 Å². The van der Waals surface area contributed by atoms with Gasteiger partial charge in [-0.2, -0.15) is 0 Å². The van der Waals surface area contributed by atoms with Gasteiger partial charge in [0.25, 0.3) is 0 Å². The summed E-state index contributed by atoms with van der Waals surface area (Å²) in [5.41, 5.74) is 0. The molecule has 0 aromatic carbocycles. The van der Waals surface area contributed by atoms with Crippen molar-refractivity contribution in [3.05, 3.63) is 12.7 Å². The fraction of sp³-hybridized carbons (Fsp3) is 0.875. The molecule has 1 aliphatic carbocycles. The molecule has 3 unspecified atom stereocenters. The highest BCUT2D eigenvalue weighted by molar-refractivity contribution is 4.81. The Balaban J connectivity index is 2.32. The summed E-state index contributed by atoms with van der Waals surface area (Å²) in [6.07, 6.45) is 11.6. The van der Waals surface area contributed by atoms with E-state index in [1.54, 1.807) is 0 Å². The normalized spacial score (nSPS) is 29.2. The minimum absolute atomic E-state index is 0.933. The van der Waals surface area contributed by atoms with Crippen LogP contribution >= 0.6 is 0 Å². The Labute approximate surface area is 108 Å². The smallest absolute Gasteiger partial charge is 0.00179 e. The van der Waals surface area contributed by atoms with E-state index in [2.05, 4.69) is 31.8 Å². The highest BCUT2D eigenvalue weighted by Gasteiger charge is 2.27. The van der Waals surface area contributed by atoms with Gasteiger partial charge in [-0.25, -0.2) is 0 Å². The predicted octanol–water partition coefficient (Wildman–Crippen LogP) is 4.39. The molecule has 1 fully saturated rings. The highest BCUT2D eigenvalue weighted by Crippen LogP contribution is 2.36. The number of rotatable bonds is 8. The summed E-state index contributed by atoms with van der Waals surface area (Å²) in [5, 5.41) is 3.62. The summed E-state index contributed by atoms with van der Waals surface area (Å²) in [4.78, 5) is 0. The minimum Gasteiger partial charge on any atom is -0.316 e. The molecule has 0 aromatic rings. The van der Waals surface area contributed by atoms with Gasteiger partial charge >= 0.3 is 0 Å². The molecule has 1 nitrogen and oxygen atoms in total. The highest BCUT2D eigenvalue weighted by atomic mass is 14.9. The Bertz CT molecular complexity index is 200. The van der Waals surface area contributed by atoms with Crippen LogP contribution in [-0.4, -0.2) is 13.1 Å². The summed E-state index contributed by atoms with van der Waals surface area (Å²) >= 11 is 0. The van der Waals surface area contributed by atoms with Crippen LogP contribution in [0.5, 0.6) is 0 Å². The van der Waals surface area contributed by atoms with Gasteiger partial charge in [-0.15, -0.1) is 6.58 Å². The molecule has 0 bridgehead atoms. The van der Waals surface area contributed by atoms with Crippen molar-refractivity contribution in [1.29, 1.82) is 0 Å². The van der Waals surface area contributed by atoms with Gasteiger partial charge in [0.1, 0.15) is 0 Å². The molecule has 3 atom stereocenters. The van der Waals surface area contributed by atoms with Crippen LogP contribution in [-0.2, 0) is 0 Å². The van der Waals surface area contributed by atoms with E-state index in [1.165, 1.54) is 58.0 Å². The Morgan fingerprint density at radius 3 is 2.82 bits per heavy atom. The average Bonchev–Trinajstić information content (AvgIpc) is 2.32. The van der Waals surface area contributed by atoms with Crippen LogP contribution in [0.3, 0.4) is 0 Å². The lowest BCUT2D eigenvalue weighted by molar-refractivity contribution is 0.173. The van der Waals surface area contributed by atoms with Gasteiger partial charge in [-0.1, -0.05) is 26.3 Å². The largest absolute Gasteiger partial charge is 0.316 e. The second-order valence-corrected chi connectivity index (χ2v) is 5.86. The Morgan fingerprint density at radius 2 is 2.12 bits per heavy atom. The Hall–Kier alpha value is -0.300. The van der Waals surface area contributed by atoms with Crippen LogP contribution in [0, 0.1) is 17.8 Å². The molecule has 0 heterocycles. The van der Waals surface area contributed by atoms with E-state index < -0.39 is 0 Å². The van der Waals surface area contributed by atoms with Crippen LogP contribution in [0.2, 0.25) is 0 Å². The molecular weight excluding hydrogens is 206 g/mol. The zero-order chi connectivity index (χ0) is 12.5. The molecule has 0 amide bonds. The molecule has 0 saturated heterocycles. The van der Waals surface area contributed by atoms with E-state index in [-0.39, 0.29) is 0 Å². The van der Waals surface area contributed by atoms with E-state index in [1.807, 2.05) is 0 Å². The van der Waals surface area contributed by atoms with Crippen LogP contribution < -0.4 is 5.32 Å². The van der Waals surface area contributed by atoms with Gasteiger partial charge in [0.2, 0.25) is 0 Å². The summed E-state index contributed by atoms with van der Waals surface area (Å²) in [5.74, 6) is 2.84. The van der Waals surface area contributed by atoms with Crippen molar-refractivity contribution in [3.63, 3.8) is 0 Å². The molecule has 0 radical (unpaired) electrons. The Morgan fingerprint density at radius 1 is 1.29 bits per heavy atom. The van der Waals surface area contributed by atoms with Crippen molar-refractivity contribution in [2.24, 2.45) is 17.8 Å². The lowest BCUT2D eigenvalue weighted by Crippen LogP contribution is -2.33. The topological polar surface area (TPSA) is 12.0 Å². The van der Waals surface area contributed by atoms with E-state index in [9.17, 15) is 0 Å². The van der Waals surface area contributed by atoms with E-state index in [0.717, 1.165) is 17.8 Å². The third-order valence-corrected chi connectivity index (χ3v) is 4.22. The van der Waals surface area contributed by atoms with Crippen molar-refractivity contribution in [2.75, 3.05) is 13.1 Å². The first-order chi connectivity index (χ1) is 8.27. The third-order valence-electron chi connectivity index (χ3n) is 4.22. The van der Waals surface area contributed by atoms with E-state index >= 15 is 0 Å². The second-order valence-electron chi connectivity index (χ2n) is 5.86.